The van der Waals surface area contributed by atoms with E-state index in [0.717, 1.165) is 19.1 Å². The minimum Gasteiger partial charge on any atom is -0.330 e. The molecule has 3 heteroatoms. The molecule has 0 bridgehead atoms. The van der Waals surface area contributed by atoms with E-state index in [1.165, 1.54) is 32.5 Å². The summed E-state index contributed by atoms with van der Waals surface area (Å²) in [5.74, 6) is 0. The SMILES string of the molecule is CCCN(CC(C)(C)CN)C1CCN(C(C)C)C1. The number of hydrogen-bond acceptors (Lipinski definition) is 3. The van der Waals surface area contributed by atoms with Crippen molar-refractivity contribution >= 4 is 0 Å². The molecule has 1 unspecified atom stereocenters. The fourth-order valence-corrected chi connectivity index (χ4v) is 2.83. The number of likely N-dealkylation sites (tertiary alicyclic amines) is 1. The molecule has 0 aromatic carbocycles. The quantitative estimate of drug-likeness (QED) is 0.757. The number of hydrogen-bond donors (Lipinski definition) is 1. The zero-order valence-electron chi connectivity index (χ0n) is 13.1. The Morgan fingerprint density at radius 2 is 2.06 bits per heavy atom. The zero-order valence-corrected chi connectivity index (χ0v) is 13.1. The summed E-state index contributed by atoms with van der Waals surface area (Å²) < 4.78 is 0. The standard InChI is InChI=1S/C15H33N3/c1-6-8-18(12-15(4,5)11-16)14-7-9-17(10-14)13(2)3/h13-14H,6-12,16H2,1-5H3. The van der Waals surface area contributed by atoms with Gasteiger partial charge >= 0.3 is 0 Å². The van der Waals surface area contributed by atoms with Crippen LogP contribution in [-0.4, -0.2) is 54.6 Å². The Labute approximate surface area is 114 Å². The Kier molecular flexibility index (Phi) is 6.09. The minimum atomic E-state index is 0.237. The zero-order chi connectivity index (χ0) is 13.8. The summed E-state index contributed by atoms with van der Waals surface area (Å²) >= 11 is 0. The van der Waals surface area contributed by atoms with Crippen LogP contribution in [0.3, 0.4) is 0 Å². The highest BCUT2D eigenvalue weighted by molar-refractivity contribution is 4.87. The second-order valence-electron chi connectivity index (χ2n) is 6.87. The molecule has 2 N–H and O–H groups in total. The highest BCUT2D eigenvalue weighted by atomic mass is 15.3. The van der Waals surface area contributed by atoms with E-state index in [1.807, 2.05) is 0 Å². The molecule has 1 heterocycles. The fourth-order valence-electron chi connectivity index (χ4n) is 2.83. The molecule has 0 aromatic rings. The van der Waals surface area contributed by atoms with Crippen LogP contribution >= 0.6 is 0 Å². The maximum Gasteiger partial charge on any atom is 0.0235 e. The largest absolute Gasteiger partial charge is 0.330 e. The molecule has 1 atom stereocenters. The van der Waals surface area contributed by atoms with Crippen LogP contribution in [0.25, 0.3) is 0 Å². The summed E-state index contributed by atoms with van der Waals surface area (Å²) in [7, 11) is 0. The summed E-state index contributed by atoms with van der Waals surface area (Å²) in [6.07, 6.45) is 2.55. The molecule has 3 nitrogen and oxygen atoms in total. The minimum absolute atomic E-state index is 0.237. The Morgan fingerprint density at radius 3 is 2.50 bits per heavy atom. The lowest BCUT2D eigenvalue weighted by Crippen LogP contribution is -2.46. The van der Waals surface area contributed by atoms with Gasteiger partial charge in [0.1, 0.15) is 0 Å². The molecule has 0 spiro atoms. The molecule has 18 heavy (non-hydrogen) atoms. The van der Waals surface area contributed by atoms with Crippen molar-refractivity contribution in [3.05, 3.63) is 0 Å². The van der Waals surface area contributed by atoms with E-state index in [2.05, 4.69) is 44.4 Å². The average molecular weight is 255 g/mol. The third kappa shape index (κ3) is 4.52. The maximum atomic E-state index is 5.89. The Bertz CT molecular complexity index is 238. The van der Waals surface area contributed by atoms with E-state index in [-0.39, 0.29) is 5.41 Å². The molecular weight excluding hydrogens is 222 g/mol. The molecule has 0 saturated carbocycles. The van der Waals surface area contributed by atoms with Crippen LogP contribution in [0.4, 0.5) is 0 Å². The van der Waals surface area contributed by atoms with Crippen LogP contribution in [0, 0.1) is 5.41 Å². The number of nitrogens with two attached hydrogens (primary N) is 1. The van der Waals surface area contributed by atoms with Crippen molar-refractivity contribution in [1.29, 1.82) is 0 Å². The predicted molar refractivity (Wildman–Crippen MR) is 79.8 cm³/mol. The Hall–Kier alpha value is -0.120. The molecule has 1 aliphatic rings. The van der Waals surface area contributed by atoms with Crippen LogP contribution in [-0.2, 0) is 0 Å². The van der Waals surface area contributed by atoms with Crippen LogP contribution in [0.15, 0.2) is 0 Å². The monoisotopic (exact) mass is 255 g/mol. The van der Waals surface area contributed by atoms with Crippen LogP contribution < -0.4 is 5.73 Å². The van der Waals surface area contributed by atoms with Gasteiger partial charge < -0.3 is 5.73 Å². The maximum absolute atomic E-state index is 5.89. The molecule has 0 radical (unpaired) electrons. The molecule has 1 rings (SSSR count). The van der Waals surface area contributed by atoms with Crippen molar-refractivity contribution in [2.24, 2.45) is 11.1 Å². The summed E-state index contributed by atoms with van der Waals surface area (Å²) in [5.41, 5.74) is 6.12. The van der Waals surface area contributed by atoms with Gasteiger partial charge in [-0.25, -0.2) is 0 Å². The van der Waals surface area contributed by atoms with Gasteiger partial charge in [-0.15, -0.1) is 0 Å². The second kappa shape index (κ2) is 6.88. The first-order valence-corrected chi connectivity index (χ1v) is 7.57. The van der Waals surface area contributed by atoms with Gasteiger partial charge in [-0.1, -0.05) is 20.8 Å². The van der Waals surface area contributed by atoms with Gasteiger partial charge in [0.2, 0.25) is 0 Å². The third-order valence-corrected chi connectivity index (χ3v) is 4.14. The summed E-state index contributed by atoms with van der Waals surface area (Å²) in [5, 5.41) is 0. The van der Waals surface area contributed by atoms with Crippen molar-refractivity contribution in [3.63, 3.8) is 0 Å². The molecule has 1 saturated heterocycles. The van der Waals surface area contributed by atoms with Gasteiger partial charge in [0.25, 0.3) is 0 Å². The number of nitrogens with zero attached hydrogens (tertiary/aromatic N) is 2. The van der Waals surface area contributed by atoms with Gasteiger partial charge in [-0.05, 0) is 45.2 Å². The lowest BCUT2D eigenvalue weighted by molar-refractivity contribution is 0.129. The summed E-state index contributed by atoms with van der Waals surface area (Å²) in [4.78, 5) is 5.28. The van der Waals surface area contributed by atoms with Gasteiger partial charge in [-0.3, -0.25) is 9.80 Å². The van der Waals surface area contributed by atoms with E-state index < -0.39 is 0 Å². The lowest BCUT2D eigenvalue weighted by Gasteiger charge is -2.36. The first-order valence-electron chi connectivity index (χ1n) is 7.57. The smallest absolute Gasteiger partial charge is 0.0235 e. The number of rotatable bonds is 7. The topological polar surface area (TPSA) is 32.5 Å². The van der Waals surface area contributed by atoms with E-state index in [0.29, 0.717) is 6.04 Å². The summed E-state index contributed by atoms with van der Waals surface area (Å²) in [6, 6.07) is 1.42. The van der Waals surface area contributed by atoms with E-state index in [9.17, 15) is 0 Å². The van der Waals surface area contributed by atoms with E-state index in [1.54, 1.807) is 0 Å². The van der Waals surface area contributed by atoms with Gasteiger partial charge in [0.05, 0.1) is 0 Å². The van der Waals surface area contributed by atoms with Crippen molar-refractivity contribution < 1.29 is 0 Å². The van der Waals surface area contributed by atoms with E-state index in [4.69, 9.17) is 5.73 Å². The molecule has 0 aliphatic carbocycles. The normalized spacial score (nSPS) is 22.3. The molecule has 0 amide bonds. The van der Waals surface area contributed by atoms with Gasteiger partial charge in [0.15, 0.2) is 0 Å². The Morgan fingerprint density at radius 1 is 1.39 bits per heavy atom. The first-order chi connectivity index (χ1) is 8.39. The van der Waals surface area contributed by atoms with Crippen molar-refractivity contribution in [2.75, 3.05) is 32.7 Å². The Balaban J connectivity index is 2.57. The molecule has 1 fully saturated rings. The van der Waals surface area contributed by atoms with Crippen LogP contribution in [0.1, 0.15) is 47.5 Å². The molecule has 1 aliphatic heterocycles. The fraction of sp³-hybridized carbons (Fsp3) is 1.00. The highest BCUT2D eigenvalue weighted by Crippen LogP contribution is 2.23. The van der Waals surface area contributed by atoms with Crippen molar-refractivity contribution in [1.82, 2.24) is 9.80 Å². The van der Waals surface area contributed by atoms with Crippen molar-refractivity contribution in [2.45, 2.75) is 59.5 Å². The third-order valence-electron chi connectivity index (χ3n) is 4.14. The second-order valence-corrected chi connectivity index (χ2v) is 6.87. The average Bonchev–Trinajstić information content (AvgIpc) is 2.77. The first kappa shape index (κ1) is 15.9. The van der Waals surface area contributed by atoms with Crippen LogP contribution in [0.5, 0.6) is 0 Å². The van der Waals surface area contributed by atoms with Gasteiger partial charge in [-0.2, -0.15) is 0 Å². The molecular formula is C15H33N3. The predicted octanol–water partition coefficient (Wildman–Crippen LogP) is 2.17. The highest BCUT2D eigenvalue weighted by Gasteiger charge is 2.31. The lowest BCUT2D eigenvalue weighted by atomic mass is 9.92. The summed E-state index contributed by atoms with van der Waals surface area (Å²) in [6.45, 7) is 17.0. The van der Waals surface area contributed by atoms with E-state index >= 15 is 0 Å². The van der Waals surface area contributed by atoms with Crippen LogP contribution in [0.2, 0.25) is 0 Å². The van der Waals surface area contributed by atoms with Gasteiger partial charge in [0, 0.05) is 31.7 Å². The van der Waals surface area contributed by atoms with Crippen molar-refractivity contribution in [3.8, 4) is 0 Å². The molecule has 108 valence electrons. The molecule has 0 aromatic heterocycles.